The number of carbonyl (C=O) groups is 1. The van der Waals surface area contributed by atoms with Crippen LogP contribution in [0.4, 0.5) is 0 Å². The van der Waals surface area contributed by atoms with Gasteiger partial charge in [-0.15, -0.1) is 0 Å². The van der Waals surface area contributed by atoms with Crippen LogP contribution in [-0.4, -0.2) is 20.8 Å². The van der Waals surface area contributed by atoms with E-state index in [2.05, 4.69) is 31.0 Å². The second kappa shape index (κ2) is 6.92. The second-order valence-electron chi connectivity index (χ2n) is 11.6. The lowest BCUT2D eigenvalue weighted by Crippen LogP contribution is -2.54. The van der Waals surface area contributed by atoms with Crippen LogP contribution in [0.1, 0.15) is 91.5 Å². The highest BCUT2D eigenvalue weighted by atomic mass is 16.1. The van der Waals surface area contributed by atoms with Crippen molar-refractivity contribution < 1.29 is 4.79 Å². The van der Waals surface area contributed by atoms with Gasteiger partial charge in [0.25, 0.3) is 0 Å². The standard InChI is InChI=1S/C25H39N3O/c1-16-9-11-24(3)18(15-16)5-6-19-20-7-8-22(25(20,4)12-10-21(19)24)23(29)17(2)28-26-13-14-27-28/h13-14,16-22H,5-12,15H2,1-4H3. The molecule has 0 amide bonds. The van der Waals surface area contributed by atoms with Gasteiger partial charge in [-0.3, -0.25) is 4.79 Å². The molecule has 4 saturated carbocycles. The van der Waals surface area contributed by atoms with Crippen LogP contribution in [0.2, 0.25) is 0 Å². The molecule has 9 atom stereocenters. The Hall–Kier alpha value is -1.19. The minimum absolute atomic E-state index is 0.185. The Morgan fingerprint density at radius 2 is 1.66 bits per heavy atom. The van der Waals surface area contributed by atoms with Gasteiger partial charge >= 0.3 is 0 Å². The van der Waals surface area contributed by atoms with Gasteiger partial charge in [0.2, 0.25) is 0 Å². The fourth-order valence-corrected chi connectivity index (χ4v) is 8.77. The Kier molecular flexibility index (Phi) is 4.71. The van der Waals surface area contributed by atoms with E-state index in [-0.39, 0.29) is 17.4 Å². The summed E-state index contributed by atoms with van der Waals surface area (Å²) in [7, 11) is 0. The van der Waals surface area contributed by atoms with Gasteiger partial charge in [0, 0.05) is 5.92 Å². The van der Waals surface area contributed by atoms with Crippen LogP contribution in [0.15, 0.2) is 12.4 Å². The number of hydrogen-bond donors (Lipinski definition) is 0. The smallest absolute Gasteiger partial charge is 0.162 e. The highest BCUT2D eigenvalue weighted by Crippen LogP contribution is 2.68. The minimum Gasteiger partial charge on any atom is -0.297 e. The monoisotopic (exact) mass is 397 g/mol. The first kappa shape index (κ1) is 19.8. The molecule has 0 N–H and O–H groups in total. The van der Waals surface area contributed by atoms with Gasteiger partial charge in [-0.2, -0.15) is 15.0 Å². The van der Waals surface area contributed by atoms with Crippen LogP contribution >= 0.6 is 0 Å². The van der Waals surface area contributed by atoms with Gasteiger partial charge in [0.1, 0.15) is 6.04 Å². The molecule has 0 aromatic carbocycles. The molecule has 0 aliphatic heterocycles. The van der Waals surface area contributed by atoms with E-state index < -0.39 is 0 Å². The summed E-state index contributed by atoms with van der Waals surface area (Å²) in [5.41, 5.74) is 0.746. The van der Waals surface area contributed by atoms with Gasteiger partial charge in [-0.25, -0.2) is 0 Å². The Morgan fingerprint density at radius 1 is 0.966 bits per heavy atom. The Morgan fingerprint density at radius 3 is 2.41 bits per heavy atom. The number of fused-ring (bicyclic) bond motifs is 5. The molecular formula is C25H39N3O. The summed E-state index contributed by atoms with van der Waals surface area (Å²) >= 11 is 0. The average Bonchev–Trinajstić information content (AvgIpc) is 3.35. The van der Waals surface area contributed by atoms with E-state index in [9.17, 15) is 4.79 Å². The topological polar surface area (TPSA) is 47.8 Å². The number of nitrogens with zero attached hydrogens (tertiary/aromatic N) is 3. The lowest BCUT2D eigenvalue weighted by molar-refractivity contribution is -0.139. The zero-order valence-electron chi connectivity index (χ0n) is 18.8. The summed E-state index contributed by atoms with van der Waals surface area (Å²) in [5.74, 6) is 4.91. The van der Waals surface area contributed by atoms with Crippen molar-refractivity contribution >= 4 is 5.78 Å². The summed E-state index contributed by atoms with van der Waals surface area (Å²) in [6, 6.07) is -0.239. The molecule has 4 fully saturated rings. The maximum Gasteiger partial charge on any atom is 0.162 e. The fraction of sp³-hybridized carbons (Fsp3) is 0.880. The van der Waals surface area contributed by atoms with Crippen molar-refractivity contribution in [1.82, 2.24) is 15.0 Å². The Bertz CT molecular complexity index is 760. The predicted octanol–water partition coefficient (Wildman–Crippen LogP) is 5.70. The van der Waals surface area contributed by atoms with E-state index in [1.54, 1.807) is 17.2 Å². The SMILES string of the molecule is CC1CCC2(C)C(CCC3C2CCC2(C)C(C(=O)C(C)n4nccn4)CCC32)C1. The summed E-state index contributed by atoms with van der Waals surface area (Å²) < 4.78 is 0. The van der Waals surface area contributed by atoms with Crippen molar-refractivity contribution in [3.63, 3.8) is 0 Å². The van der Waals surface area contributed by atoms with Crippen molar-refractivity contribution in [2.75, 3.05) is 0 Å². The number of ketones is 1. The molecule has 4 aliphatic carbocycles. The number of rotatable bonds is 3. The molecule has 29 heavy (non-hydrogen) atoms. The van der Waals surface area contributed by atoms with Crippen LogP contribution in [0.25, 0.3) is 0 Å². The second-order valence-corrected chi connectivity index (χ2v) is 11.6. The zero-order valence-corrected chi connectivity index (χ0v) is 18.8. The molecule has 4 aliphatic rings. The van der Waals surface area contributed by atoms with Crippen LogP contribution in [0.5, 0.6) is 0 Å². The summed E-state index contributed by atoms with van der Waals surface area (Å²) in [5, 5.41) is 8.49. The highest BCUT2D eigenvalue weighted by molar-refractivity contribution is 5.85. The van der Waals surface area contributed by atoms with E-state index in [0.29, 0.717) is 11.2 Å². The van der Waals surface area contributed by atoms with E-state index in [0.717, 1.165) is 36.0 Å². The third kappa shape index (κ3) is 2.87. The van der Waals surface area contributed by atoms with Gasteiger partial charge < -0.3 is 0 Å². The van der Waals surface area contributed by atoms with Crippen LogP contribution in [-0.2, 0) is 4.79 Å². The van der Waals surface area contributed by atoms with Crippen molar-refractivity contribution in [2.45, 2.75) is 91.5 Å². The molecule has 1 heterocycles. The summed E-state index contributed by atoms with van der Waals surface area (Å²) in [4.78, 5) is 15.1. The average molecular weight is 398 g/mol. The quantitative estimate of drug-likeness (QED) is 0.657. The van der Waals surface area contributed by atoms with Crippen molar-refractivity contribution in [3.8, 4) is 0 Å². The maximum atomic E-state index is 13.5. The largest absolute Gasteiger partial charge is 0.297 e. The van der Waals surface area contributed by atoms with Gasteiger partial charge in [0.15, 0.2) is 5.78 Å². The lowest BCUT2D eigenvalue weighted by atomic mass is 9.44. The number of Topliss-reactive ketones (excluding diaryl/α,β-unsaturated/α-hetero) is 1. The molecular weight excluding hydrogens is 358 g/mol. The van der Waals surface area contributed by atoms with Crippen molar-refractivity contribution in [2.24, 2.45) is 46.3 Å². The van der Waals surface area contributed by atoms with Gasteiger partial charge in [-0.05, 0) is 98.7 Å². The van der Waals surface area contributed by atoms with E-state index in [1.807, 2.05) is 6.92 Å². The Balaban J connectivity index is 1.38. The molecule has 4 nitrogen and oxygen atoms in total. The minimum atomic E-state index is -0.239. The lowest BCUT2D eigenvalue weighted by Gasteiger charge is -2.61. The van der Waals surface area contributed by atoms with E-state index >= 15 is 0 Å². The molecule has 0 spiro atoms. The summed E-state index contributed by atoms with van der Waals surface area (Å²) in [6.07, 6.45) is 15.4. The molecule has 160 valence electrons. The third-order valence-electron chi connectivity index (χ3n) is 10.5. The normalized spacial score (nSPS) is 47.7. The zero-order chi connectivity index (χ0) is 20.4. The predicted molar refractivity (Wildman–Crippen MR) is 114 cm³/mol. The molecule has 0 radical (unpaired) electrons. The molecule has 0 saturated heterocycles. The molecule has 4 heteroatoms. The third-order valence-corrected chi connectivity index (χ3v) is 10.5. The molecule has 1 aromatic rings. The molecule has 5 rings (SSSR count). The van der Waals surface area contributed by atoms with Crippen molar-refractivity contribution in [1.29, 1.82) is 0 Å². The van der Waals surface area contributed by atoms with Gasteiger partial charge in [0.05, 0.1) is 12.4 Å². The molecule has 1 aromatic heterocycles. The van der Waals surface area contributed by atoms with E-state index in [1.165, 1.54) is 51.4 Å². The van der Waals surface area contributed by atoms with Crippen LogP contribution < -0.4 is 0 Å². The van der Waals surface area contributed by atoms with Crippen LogP contribution in [0.3, 0.4) is 0 Å². The maximum absolute atomic E-state index is 13.5. The highest BCUT2D eigenvalue weighted by Gasteiger charge is 2.61. The number of carbonyl (C=O) groups excluding carboxylic acids is 1. The fourth-order valence-electron chi connectivity index (χ4n) is 8.77. The summed E-state index contributed by atoms with van der Waals surface area (Å²) in [6.45, 7) is 9.56. The molecule has 9 unspecified atom stereocenters. The van der Waals surface area contributed by atoms with Crippen LogP contribution in [0, 0.1) is 46.3 Å². The number of hydrogen-bond acceptors (Lipinski definition) is 3. The molecule has 0 bridgehead atoms. The van der Waals surface area contributed by atoms with E-state index in [4.69, 9.17) is 0 Å². The Labute approximate surface area is 176 Å². The number of aromatic nitrogens is 3. The van der Waals surface area contributed by atoms with Gasteiger partial charge in [-0.1, -0.05) is 27.2 Å². The van der Waals surface area contributed by atoms with Crippen molar-refractivity contribution in [3.05, 3.63) is 12.4 Å². The first-order chi connectivity index (χ1) is 13.8. The first-order valence-corrected chi connectivity index (χ1v) is 12.2. The first-order valence-electron chi connectivity index (χ1n) is 12.2.